The maximum Gasteiger partial charge on any atom is 0.303 e. The molecule has 0 saturated heterocycles. The highest BCUT2D eigenvalue weighted by Gasteiger charge is 2.10. The molecule has 1 aromatic carbocycles. The number of benzene rings is 1. The van der Waals surface area contributed by atoms with Gasteiger partial charge < -0.3 is 9.84 Å². The number of hydrogen-bond donors (Lipinski definition) is 1. The van der Waals surface area contributed by atoms with Crippen LogP contribution in [0.4, 0.5) is 0 Å². The van der Waals surface area contributed by atoms with Crippen molar-refractivity contribution in [3.63, 3.8) is 0 Å². The fourth-order valence-electron chi connectivity index (χ4n) is 2.62. The van der Waals surface area contributed by atoms with Crippen LogP contribution in [0.25, 0.3) is 11.3 Å². The number of carbonyl (C=O) groups is 1. The first-order chi connectivity index (χ1) is 13.0. The van der Waals surface area contributed by atoms with Crippen LogP contribution in [0.1, 0.15) is 19.3 Å². The van der Waals surface area contributed by atoms with E-state index in [1.165, 1.54) is 0 Å². The molecule has 1 N–H and O–H groups in total. The molecule has 1 aromatic heterocycles. The zero-order chi connectivity index (χ0) is 19.2. The van der Waals surface area contributed by atoms with Gasteiger partial charge >= 0.3 is 5.97 Å². The van der Waals surface area contributed by atoms with E-state index in [9.17, 15) is 4.79 Å². The van der Waals surface area contributed by atoms with E-state index in [1.54, 1.807) is 30.5 Å². The number of nitrogens with zero attached hydrogens (tertiary/aromatic N) is 1. The normalized spacial score (nSPS) is 14.9. The molecule has 2 aromatic rings. The number of pyridine rings is 1. The minimum atomic E-state index is -0.793. The molecular weight excluding hydrogens is 385 g/mol. The van der Waals surface area contributed by atoms with Crippen molar-refractivity contribution in [3.05, 3.63) is 82.1 Å². The second-order valence-corrected chi connectivity index (χ2v) is 6.79. The number of allylic oxidation sites excluding steroid dienone is 5. The molecule has 0 radical (unpaired) electrons. The van der Waals surface area contributed by atoms with Crippen molar-refractivity contribution in [3.8, 4) is 17.1 Å². The number of aromatic nitrogens is 1. The van der Waals surface area contributed by atoms with Gasteiger partial charge in [-0.25, -0.2) is 4.98 Å². The van der Waals surface area contributed by atoms with Gasteiger partial charge in [-0.2, -0.15) is 0 Å². The zero-order valence-electron chi connectivity index (χ0n) is 14.4. The van der Waals surface area contributed by atoms with Gasteiger partial charge in [0.25, 0.3) is 0 Å². The highest BCUT2D eigenvalue weighted by Crippen LogP contribution is 2.34. The molecule has 0 amide bonds. The Morgan fingerprint density at radius 3 is 2.56 bits per heavy atom. The van der Waals surface area contributed by atoms with Crippen LogP contribution in [-0.2, 0) is 4.79 Å². The van der Waals surface area contributed by atoms with Crippen molar-refractivity contribution in [1.82, 2.24) is 4.98 Å². The van der Waals surface area contributed by atoms with E-state index in [0.29, 0.717) is 40.0 Å². The smallest absolute Gasteiger partial charge is 0.303 e. The Kier molecular flexibility index (Phi) is 6.32. The van der Waals surface area contributed by atoms with E-state index in [-0.39, 0.29) is 6.42 Å². The molecule has 138 valence electrons. The van der Waals surface area contributed by atoms with E-state index < -0.39 is 5.97 Å². The Balaban J connectivity index is 1.69. The second-order valence-electron chi connectivity index (χ2n) is 5.98. The first-order valence-electron chi connectivity index (χ1n) is 8.39. The van der Waals surface area contributed by atoms with Gasteiger partial charge in [-0.15, -0.1) is 0 Å². The third-order valence-corrected chi connectivity index (χ3v) is 4.64. The molecule has 1 aliphatic carbocycles. The summed E-state index contributed by atoms with van der Waals surface area (Å²) in [4.78, 5) is 15.1. The lowest BCUT2D eigenvalue weighted by atomic mass is 10.00. The average Bonchev–Trinajstić information content (AvgIpc) is 2.66. The fourth-order valence-corrected chi connectivity index (χ4v) is 3.21. The van der Waals surface area contributed by atoms with Crippen LogP contribution >= 0.6 is 23.2 Å². The number of aliphatic carboxylic acids is 1. The summed E-state index contributed by atoms with van der Waals surface area (Å²) in [5.74, 6) is -0.358. The fraction of sp³-hybridized carbons (Fsp3) is 0.143. The molecule has 0 unspecified atom stereocenters. The third-order valence-electron chi connectivity index (χ3n) is 4.01. The second kappa shape index (κ2) is 8.89. The largest absolute Gasteiger partial charge is 0.481 e. The molecule has 0 bridgehead atoms. The molecular formula is C21H17Cl2NO3. The Morgan fingerprint density at radius 1 is 1.15 bits per heavy atom. The Morgan fingerprint density at radius 2 is 1.89 bits per heavy atom. The summed E-state index contributed by atoms with van der Waals surface area (Å²) >= 11 is 12.5. The van der Waals surface area contributed by atoms with Crippen LogP contribution in [0.15, 0.2) is 72.0 Å². The molecule has 1 aliphatic rings. The van der Waals surface area contributed by atoms with Crippen LogP contribution in [0.5, 0.6) is 5.88 Å². The maximum atomic E-state index is 10.6. The molecule has 27 heavy (non-hydrogen) atoms. The zero-order valence-corrected chi connectivity index (χ0v) is 15.9. The van der Waals surface area contributed by atoms with Gasteiger partial charge in [0.2, 0.25) is 5.88 Å². The predicted molar refractivity (Wildman–Crippen MR) is 107 cm³/mol. The topological polar surface area (TPSA) is 59.4 Å². The average molecular weight is 402 g/mol. The van der Waals surface area contributed by atoms with Crippen LogP contribution in [-0.4, -0.2) is 16.1 Å². The van der Waals surface area contributed by atoms with Crippen molar-refractivity contribution >= 4 is 29.2 Å². The molecule has 0 saturated carbocycles. The molecule has 3 rings (SSSR count). The van der Waals surface area contributed by atoms with Crippen LogP contribution in [0.2, 0.25) is 10.0 Å². The monoisotopic (exact) mass is 401 g/mol. The van der Waals surface area contributed by atoms with Crippen molar-refractivity contribution < 1.29 is 14.6 Å². The minimum absolute atomic E-state index is 0.132. The van der Waals surface area contributed by atoms with Crippen molar-refractivity contribution in [2.45, 2.75) is 19.3 Å². The van der Waals surface area contributed by atoms with Crippen molar-refractivity contribution in [2.24, 2.45) is 0 Å². The van der Waals surface area contributed by atoms with Gasteiger partial charge in [0.05, 0.1) is 22.0 Å². The van der Waals surface area contributed by atoms with Gasteiger partial charge in [-0.1, -0.05) is 59.1 Å². The van der Waals surface area contributed by atoms with Gasteiger partial charge in [0.1, 0.15) is 0 Å². The first kappa shape index (κ1) is 19.2. The molecule has 6 heteroatoms. The van der Waals surface area contributed by atoms with Crippen molar-refractivity contribution in [1.29, 1.82) is 0 Å². The van der Waals surface area contributed by atoms with Crippen LogP contribution in [0, 0.1) is 0 Å². The summed E-state index contributed by atoms with van der Waals surface area (Å²) in [6.45, 7) is 0. The van der Waals surface area contributed by atoms with E-state index in [4.69, 9.17) is 33.0 Å². The standard InChI is InChI=1S/C21H17Cl2NO3/c22-16-3-1-4-17(23)21(16)18-5-2-6-19(24-18)27-13-15-9-7-14(8-10-15)11-12-20(25)26/h1-9,13H,10-12H2,(H,25,26). The minimum Gasteiger partial charge on any atom is -0.481 e. The van der Waals surface area contributed by atoms with E-state index >= 15 is 0 Å². The molecule has 0 fully saturated rings. The summed E-state index contributed by atoms with van der Waals surface area (Å²) in [6.07, 6.45) is 8.82. The summed E-state index contributed by atoms with van der Waals surface area (Å²) in [7, 11) is 0. The number of rotatable bonds is 6. The predicted octanol–water partition coefficient (Wildman–Crippen LogP) is 6.07. The highest BCUT2D eigenvalue weighted by molar-refractivity contribution is 6.39. The lowest BCUT2D eigenvalue weighted by molar-refractivity contribution is -0.136. The Labute approximate surface area is 167 Å². The Bertz CT molecular complexity index is 928. The van der Waals surface area contributed by atoms with Crippen LogP contribution in [0.3, 0.4) is 0 Å². The summed E-state index contributed by atoms with van der Waals surface area (Å²) in [5, 5.41) is 9.79. The SMILES string of the molecule is O=C(O)CCC1=CCC(=COc2cccc(-c3c(Cl)cccc3Cl)n2)C=C1. The Hall–Kier alpha value is -2.56. The highest BCUT2D eigenvalue weighted by atomic mass is 35.5. The molecule has 0 spiro atoms. The van der Waals surface area contributed by atoms with Gasteiger partial charge in [-0.3, -0.25) is 4.79 Å². The van der Waals surface area contributed by atoms with Gasteiger partial charge in [0, 0.05) is 18.1 Å². The number of halogens is 2. The van der Waals surface area contributed by atoms with Gasteiger partial charge in [0.15, 0.2) is 0 Å². The number of carboxylic acids is 1. The summed E-state index contributed by atoms with van der Waals surface area (Å²) < 4.78 is 5.69. The summed E-state index contributed by atoms with van der Waals surface area (Å²) in [5.41, 5.74) is 3.29. The lowest BCUT2D eigenvalue weighted by Crippen LogP contribution is -1.97. The molecule has 0 atom stereocenters. The lowest BCUT2D eigenvalue weighted by Gasteiger charge is -2.10. The van der Waals surface area contributed by atoms with E-state index in [0.717, 1.165) is 11.1 Å². The number of carboxylic acid groups (broad SMARTS) is 1. The number of ether oxygens (including phenoxy) is 1. The van der Waals surface area contributed by atoms with Crippen LogP contribution < -0.4 is 4.74 Å². The molecule has 4 nitrogen and oxygen atoms in total. The number of hydrogen-bond acceptors (Lipinski definition) is 3. The molecule has 0 aliphatic heterocycles. The molecule has 1 heterocycles. The first-order valence-corrected chi connectivity index (χ1v) is 9.14. The third kappa shape index (κ3) is 5.22. The quantitative estimate of drug-likeness (QED) is 0.596. The summed E-state index contributed by atoms with van der Waals surface area (Å²) in [6, 6.07) is 10.7. The van der Waals surface area contributed by atoms with E-state index in [1.807, 2.05) is 30.4 Å². The maximum absolute atomic E-state index is 10.6. The van der Waals surface area contributed by atoms with E-state index in [2.05, 4.69) is 4.98 Å². The van der Waals surface area contributed by atoms with Gasteiger partial charge in [-0.05, 0) is 36.6 Å². The van der Waals surface area contributed by atoms with Crippen molar-refractivity contribution in [2.75, 3.05) is 0 Å².